The molecule has 2 aromatic heterocycles. The first-order chi connectivity index (χ1) is 14.1. The van der Waals surface area contributed by atoms with E-state index in [0.29, 0.717) is 12.2 Å². The molecule has 6 nitrogen and oxygen atoms in total. The summed E-state index contributed by atoms with van der Waals surface area (Å²) in [5.41, 5.74) is 3.98. The first kappa shape index (κ1) is 19.1. The molecule has 1 aliphatic heterocycles. The number of fused-ring (bicyclic) bond motifs is 1. The van der Waals surface area contributed by atoms with Crippen molar-refractivity contribution in [2.75, 3.05) is 22.5 Å². The van der Waals surface area contributed by atoms with E-state index in [-0.39, 0.29) is 17.8 Å². The summed E-state index contributed by atoms with van der Waals surface area (Å²) in [5, 5.41) is 9.96. The van der Waals surface area contributed by atoms with Crippen LogP contribution in [0.15, 0.2) is 49.1 Å². The zero-order valence-electron chi connectivity index (χ0n) is 16.6. The molecule has 0 saturated carbocycles. The second-order valence-corrected chi connectivity index (χ2v) is 7.41. The Hall–Kier alpha value is -3.22. The van der Waals surface area contributed by atoms with Crippen molar-refractivity contribution in [3.63, 3.8) is 0 Å². The second kappa shape index (κ2) is 8.43. The van der Waals surface area contributed by atoms with E-state index in [4.69, 9.17) is 0 Å². The Morgan fingerprint density at radius 1 is 1.14 bits per heavy atom. The molecule has 0 saturated heterocycles. The minimum atomic E-state index is -0.173. The Morgan fingerprint density at radius 2 is 1.97 bits per heavy atom. The summed E-state index contributed by atoms with van der Waals surface area (Å²) in [6, 6.07) is 9.42. The minimum absolute atomic E-state index is 0.173. The number of hydrogen-bond acceptors (Lipinski definition) is 6. The average Bonchev–Trinajstić information content (AvgIpc) is 3.08. The average molecular weight is 392 g/mol. The molecule has 3 heterocycles. The third-order valence-corrected chi connectivity index (χ3v) is 5.38. The summed E-state index contributed by atoms with van der Waals surface area (Å²) in [4.78, 5) is 12.7. The van der Waals surface area contributed by atoms with Crippen LogP contribution < -0.4 is 16.0 Å². The van der Waals surface area contributed by atoms with Crippen LogP contribution in [0, 0.1) is 12.7 Å². The number of aromatic nitrogens is 3. The van der Waals surface area contributed by atoms with Crippen molar-refractivity contribution in [1.29, 1.82) is 0 Å². The fraction of sp³-hybridized carbons (Fsp3) is 0.318. The predicted octanol–water partition coefficient (Wildman–Crippen LogP) is 4.33. The van der Waals surface area contributed by atoms with Gasteiger partial charge in [0.1, 0.15) is 23.8 Å². The highest BCUT2D eigenvalue weighted by Gasteiger charge is 2.32. The van der Waals surface area contributed by atoms with E-state index < -0.39 is 0 Å². The van der Waals surface area contributed by atoms with Crippen LogP contribution in [0.5, 0.6) is 0 Å². The van der Waals surface area contributed by atoms with Crippen LogP contribution in [0.25, 0.3) is 0 Å². The number of anilines is 3. The summed E-state index contributed by atoms with van der Waals surface area (Å²) in [6.45, 7) is 5.54. The van der Waals surface area contributed by atoms with Crippen molar-refractivity contribution in [3.8, 4) is 0 Å². The third-order valence-electron chi connectivity index (χ3n) is 5.38. The zero-order chi connectivity index (χ0) is 20.2. The monoisotopic (exact) mass is 392 g/mol. The molecule has 150 valence electrons. The van der Waals surface area contributed by atoms with Gasteiger partial charge in [0.25, 0.3) is 0 Å². The number of hydrogen-bond donors (Lipinski definition) is 3. The van der Waals surface area contributed by atoms with Crippen LogP contribution in [0.3, 0.4) is 0 Å². The Labute approximate surface area is 170 Å². The molecule has 29 heavy (non-hydrogen) atoms. The Morgan fingerprint density at radius 3 is 2.76 bits per heavy atom. The van der Waals surface area contributed by atoms with Crippen LogP contribution in [-0.2, 0) is 6.54 Å². The van der Waals surface area contributed by atoms with Gasteiger partial charge < -0.3 is 16.0 Å². The molecule has 0 amide bonds. The smallest absolute Gasteiger partial charge is 0.146 e. The molecule has 0 fully saturated rings. The van der Waals surface area contributed by atoms with Gasteiger partial charge in [0, 0.05) is 43.5 Å². The van der Waals surface area contributed by atoms with Gasteiger partial charge >= 0.3 is 0 Å². The lowest BCUT2D eigenvalue weighted by atomic mass is 9.89. The lowest BCUT2D eigenvalue weighted by Crippen LogP contribution is -2.19. The number of nitrogens with one attached hydrogen (secondary N) is 3. The van der Waals surface area contributed by atoms with Crippen LogP contribution in [-0.4, -0.2) is 27.5 Å². The summed E-state index contributed by atoms with van der Waals surface area (Å²) in [5.74, 6) is 1.61. The van der Waals surface area contributed by atoms with Crippen molar-refractivity contribution < 1.29 is 4.39 Å². The number of halogens is 1. The number of rotatable bonds is 7. The standard InChI is InChI=1S/C22H25FN6/c1-14-5-6-18(23)22-21(14)17(15(2)29-22)7-9-25-19-10-20(28-13-27-19)26-12-16-4-3-8-24-11-16/h3-6,8,10-11,13,15,17,29H,7,9,12H2,1-2H3,(H2,25,26,27,28). The molecule has 1 aromatic carbocycles. The van der Waals surface area contributed by atoms with Gasteiger partial charge in [-0.05, 0) is 49.1 Å². The highest BCUT2D eigenvalue weighted by Crippen LogP contribution is 2.41. The summed E-state index contributed by atoms with van der Waals surface area (Å²) >= 11 is 0. The fourth-order valence-corrected chi connectivity index (χ4v) is 3.90. The molecule has 3 N–H and O–H groups in total. The Balaban J connectivity index is 1.35. The highest BCUT2D eigenvalue weighted by molar-refractivity contribution is 5.63. The van der Waals surface area contributed by atoms with Crippen LogP contribution in [0.4, 0.5) is 21.7 Å². The van der Waals surface area contributed by atoms with Gasteiger partial charge in [0.15, 0.2) is 0 Å². The zero-order valence-corrected chi connectivity index (χ0v) is 16.6. The molecule has 2 unspecified atom stereocenters. The van der Waals surface area contributed by atoms with Gasteiger partial charge in [-0.2, -0.15) is 0 Å². The van der Waals surface area contributed by atoms with E-state index in [1.807, 2.05) is 37.4 Å². The second-order valence-electron chi connectivity index (χ2n) is 7.41. The maximum atomic E-state index is 14.1. The maximum absolute atomic E-state index is 14.1. The first-order valence-corrected chi connectivity index (χ1v) is 9.86. The normalized spacial score (nSPS) is 17.5. The van der Waals surface area contributed by atoms with Gasteiger partial charge in [-0.25, -0.2) is 14.4 Å². The molecule has 2 atom stereocenters. The van der Waals surface area contributed by atoms with Gasteiger partial charge in [0.2, 0.25) is 0 Å². The lowest BCUT2D eigenvalue weighted by molar-refractivity contribution is 0.596. The van der Waals surface area contributed by atoms with Crippen LogP contribution in [0.2, 0.25) is 0 Å². The largest absolute Gasteiger partial charge is 0.379 e. The quantitative estimate of drug-likeness (QED) is 0.556. The van der Waals surface area contributed by atoms with E-state index in [9.17, 15) is 4.39 Å². The van der Waals surface area contributed by atoms with Crippen molar-refractivity contribution >= 4 is 17.3 Å². The molecular formula is C22H25FN6. The molecule has 1 aliphatic rings. The van der Waals surface area contributed by atoms with Crippen LogP contribution in [0.1, 0.15) is 36.0 Å². The van der Waals surface area contributed by atoms with E-state index in [2.05, 4.69) is 37.8 Å². The van der Waals surface area contributed by atoms with Gasteiger partial charge in [-0.15, -0.1) is 0 Å². The van der Waals surface area contributed by atoms with Crippen molar-refractivity contribution in [2.45, 2.75) is 38.8 Å². The number of benzene rings is 1. The molecule has 7 heteroatoms. The van der Waals surface area contributed by atoms with E-state index in [1.165, 1.54) is 6.07 Å². The first-order valence-electron chi connectivity index (χ1n) is 9.86. The minimum Gasteiger partial charge on any atom is -0.379 e. The van der Waals surface area contributed by atoms with Crippen molar-refractivity contribution in [2.24, 2.45) is 0 Å². The van der Waals surface area contributed by atoms with Crippen LogP contribution >= 0.6 is 0 Å². The molecule has 0 aliphatic carbocycles. The van der Waals surface area contributed by atoms with Crippen molar-refractivity contribution in [1.82, 2.24) is 15.0 Å². The predicted molar refractivity (Wildman–Crippen MR) is 114 cm³/mol. The molecule has 0 spiro atoms. The van der Waals surface area contributed by atoms with E-state index in [1.54, 1.807) is 12.5 Å². The van der Waals surface area contributed by atoms with E-state index >= 15 is 0 Å². The molecule has 0 radical (unpaired) electrons. The Kier molecular flexibility index (Phi) is 5.55. The summed E-state index contributed by atoms with van der Waals surface area (Å²) in [7, 11) is 0. The number of pyridine rings is 1. The Bertz CT molecular complexity index is 978. The molecule has 4 rings (SSSR count). The van der Waals surface area contributed by atoms with E-state index in [0.717, 1.165) is 41.3 Å². The summed E-state index contributed by atoms with van der Waals surface area (Å²) < 4.78 is 14.1. The van der Waals surface area contributed by atoms with Gasteiger partial charge in [-0.1, -0.05) is 12.1 Å². The molecular weight excluding hydrogens is 367 g/mol. The number of aryl methyl sites for hydroxylation is 1. The van der Waals surface area contributed by atoms with Crippen molar-refractivity contribution in [3.05, 3.63) is 71.6 Å². The fourth-order valence-electron chi connectivity index (χ4n) is 3.90. The molecule has 0 bridgehead atoms. The third kappa shape index (κ3) is 4.29. The maximum Gasteiger partial charge on any atom is 0.146 e. The van der Waals surface area contributed by atoms with Gasteiger partial charge in [-0.3, -0.25) is 4.98 Å². The SMILES string of the molecule is Cc1ccc(F)c2c1C(CCNc1cc(NCc3cccnc3)ncn1)C(C)N2. The molecule has 3 aromatic rings. The lowest BCUT2D eigenvalue weighted by Gasteiger charge is -2.18. The van der Waals surface area contributed by atoms with Gasteiger partial charge in [0.05, 0.1) is 5.69 Å². The summed E-state index contributed by atoms with van der Waals surface area (Å²) in [6.07, 6.45) is 6.01. The topological polar surface area (TPSA) is 74.8 Å². The number of nitrogens with zero attached hydrogens (tertiary/aromatic N) is 3. The highest BCUT2D eigenvalue weighted by atomic mass is 19.1.